The van der Waals surface area contributed by atoms with E-state index in [1.54, 1.807) is 6.92 Å². The zero-order chi connectivity index (χ0) is 25.1. The minimum absolute atomic E-state index is 0.231. The number of thiophene rings is 1. The Bertz CT molecular complexity index is 1390. The molecular weight excluding hydrogens is 484 g/mol. The number of anilines is 1. The van der Waals surface area contributed by atoms with Crippen molar-refractivity contribution in [2.24, 2.45) is 0 Å². The van der Waals surface area contributed by atoms with Gasteiger partial charge in [-0.3, -0.25) is 4.79 Å². The molecule has 0 atom stereocenters. The van der Waals surface area contributed by atoms with Gasteiger partial charge in [-0.25, -0.2) is 4.79 Å². The van der Waals surface area contributed by atoms with Crippen molar-refractivity contribution in [2.45, 2.75) is 34.2 Å². The fraction of sp³-hybridized carbons (Fsp3) is 0.259. The molecular formula is C27H27ClN2O4S. The van der Waals surface area contributed by atoms with Crippen LogP contribution >= 0.6 is 22.9 Å². The first-order chi connectivity index (χ1) is 16.9. The van der Waals surface area contributed by atoms with E-state index in [9.17, 15) is 9.59 Å². The topological polar surface area (TPSA) is 69.6 Å². The van der Waals surface area contributed by atoms with Crippen molar-refractivity contribution in [3.8, 4) is 16.9 Å². The third-order valence-corrected chi connectivity index (χ3v) is 6.91. The molecule has 0 saturated carbocycles. The smallest absolute Gasteiger partial charge is 0.341 e. The highest BCUT2D eigenvalue weighted by Gasteiger charge is 2.26. The molecule has 0 fully saturated rings. The monoisotopic (exact) mass is 510 g/mol. The summed E-state index contributed by atoms with van der Waals surface area (Å²) in [6.45, 7) is 9.00. The van der Waals surface area contributed by atoms with Gasteiger partial charge in [-0.2, -0.15) is 0 Å². The Morgan fingerprint density at radius 1 is 1.06 bits per heavy atom. The SMILES string of the molecule is CCOC(=O)c1c(-c2ccc(OCC)cc2)csc1NC(=O)c1c(C)c2cc(Cl)ccc2n1CC. The van der Waals surface area contributed by atoms with Gasteiger partial charge in [0, 0.05) is 33.4 Å². The summed E-state index contributed by atoms with van der Waals surface area (Å²) in [6.07, 6.45) is 0. The molecule has 1 amide bonds. The van der Waals surface area contributed by atoms with Gasteiger partial charge in [0.15, 0.2) is 0 Å². The first-order valence-corrected chi connectivity index (χ1v) is 12.8. The fourth-order valence-electron chi connectivity index (χ4n) is 4.24. The number of ether oxygens (including phenoxy) is 2. The number of hydrogen-bond donors (Lipinski definition) is 1. The summed E-state index contributed by atoms with van der Waals surface area (Å²) >= 11 is 7.51. The zero-order valence-electron chi connectivity index (χ0n) is 20.1. The fourth-order valence-corrected chi connectivity index (χ4v) is 5.37. The molecule has 0 aliphatic rings. The van der Waals surface area contributed by atoms with E-state index in [4.69, 9.17) is 21.1 Å². The van der Waals surface area contributed by atoms with Gasteiger partial charge in [-0.1, -0.05) is 23.7 Å². The van der Waals surface area contributed by atoms with Crippen molar-refractivity contribution in [1.29, 1.82) is 0 Å². The van der Waals surface area contributed by atoms with Crippen LogP contribution in [0.3, 0.4) is 0 Å². The summed E-state index contributed by atoms with van der Waals surface area (Å²) in [7, 11) is 0. The third kappa shape index (κ3) is 4.79. The summed E-state index contributed by atoms with van der Waals surface area (Å²) < 4.78 is 12.8. The number of nitrogens with one attached hydrogen (secondary N) is 1. The molecule has 0 spiro atoms. The molecule has 2 aromatic carbocycles. The van der Waals surface area contributed by atoms with Crippen molar-refractivity contribution < 1.29 is 19.1 Å². The number of aromatic nitrogens is 1. The predicted molar refractivity (Wildman–Crippen MR) is 142 cm³/mol. The van der Waals surface area contributed by atoms with E-state index < -0.39 is 5.97 Å². The maximum absolute atomic E-state index is 13.5. The number of halogens is 1. The van der Waals surface area contributed by atoms with Gasteiger partial charge in [-0.05, 0) is 69.2 Å². The standard InChI is InChI=1S/C27H27ClN2O4S/c1-5-30-22-13-10-18(28)14-20(22)16(4)24(30)25(31)29-26-23(27(32)34-7-3)21(15-35-26)17-8-11-19(12-9-17)33-6-2/h8-15H,5-7H2,1-4H3,(H,29,31). The minimum atomic E-state index is -0.479. The van der Waals surface area contributed by atoms with E-state index >= 15 is 0 Å². The number of rotatable bonds is 8. The van der Waals surface area contributed by atoms with Gasteiger partial charge in [0.05, 0.1) is 13.2 Å². The highest BCUT2D eigenvalue weighted by Crippen LogP contribution is 2.38. The molecule has 0 unspecified atom stereocenters. The Morgan fingerprint density at radius 3 is 2.46 bits per heavy atom. The van der Waals surface area contributed by atoms with E-state index in [2.05, 4.69) is 5.32 Å². The van der Waals surface area contributed by atoms with E-state index in [1.807, 2.05) is 73.2 Å². The average molecular weight is 511 g/mol. The summed E-state index contributed by atoms with van der Waals surface area (Å²) in [5.74, 6) is -0.0181. The second kappa shape index (κ2) is 10.5. The summed E-state index contributed by atoms with van der Waals surface area (Å²) in [6, 6.07) is 13.1. The number of esters is 1. The molecule has 0 radical (unpaired) electrons. The second-order valence-corrected chi connectivity index (χ2v) is 9.18. The van der Waals surface area contributed by atoms with Crippen LogP contribution in [-0.2, 0) is 11.3 Å². The van der Waals surface area contributed by atoms with Crippen LogP contribution in [0.5, 0.6) is 5.75 Å². The molecule has 8 heteroatoms. The zero-order valence-corrected chi connectivity index (χ0v) is 21.7. The maximum atomic E-state index is 13.5. The lowest BCUT2D eigenvalue weighted by Gasteiger charge is -2.11. The van der Waals surface area contributed by atoms with Crippen LogP contribution < -0.4 is 10.1 Å². The van der Waals surface area contributed by atoms with Crippen molar-refractivity contribution in [1.82, 2.24) is 4.57 Å². The highest BCUT2D eigenvalue weighted by molar-refractivity contribution is 7.15. The molecule has 2 aromatic heterocycles. The van der Waals surface area contributed by atoms with Crippen molar-refractivity contribution in [2.75, 3.05) is 18.5 Å². The van der Waals surface area contributed by atoms with Crippen LogP contribution in [0.25, 0.3) is 22.0 Å². The van der Waals surface area contributed by atoms with Crippen LogP contribution in [0, 0.1) is 6.92 Å². The maximum Gasteiger partial charge on any atom is 0.341 e. The first-order valence-electron chi connectivity index (χ1n) is 11.5. The molecule has 1 N–H and O–H groups in total. The first kappa shape index (κ1) is 24.8. The molecule has 182 valence electrons. The number of aryl methyl sites for hydroxylation is 2. The number of fused-ring (bicyclic) bond motifs is 1. The van der Waals surface area contributed by atoms with Crippen LogP contribution in [-0.4, -0.2) is 29.7 Å². The van der Waals surface area contributed by atoms with Gasteiger partial charge in [0.2, 0.25) is 0 Å². The number of amides is 1. The second-order valence-electron chi connectivity index (χ2n) is 7.86. The minimum Gasteiger partial charge on any atom is -0.494 e. The molecule has 0 bridgehead atoms. The lowest BCUT2D eigenvalue weighted by molar-refractivity contribution is 0.0529. The van der Waals surface area contributed by atoms with E-state index in [-0.39, 0.29) is 12.5 Å². The van der Waals surface area contributed by atoms with E-state index in [0.29, 0.717) is 40.0 Å². The average Bonchev–Trinajstić information content (AvgIpc) is 3.38. The Balaban J connectivity index is 1.75. The van der Waals surface area contributed by atoms with Crippen molar-refractivity contribution in [3.63, 3.8) is 0 Å². The van der Waals surface area contributed by atoms with E-state index in [1.165, 1.54) is 11.3 Å². The molecule has 2 heterocycles. The molecule has 0 saturated heterocycles. The lowest BCUT2D eigenvalue weighted by Crippen LogP contribution is -2.19. The Morgan fingerprint density at radius 2 is 1.80 bits per heavy atom. The lowest BCUT2D eigenvalue weighted by atomic mass is 10.0. The predicted octanol–water partition coefficient (Wildman–Crippen LogP) is 7.18. The summed E-state index contributed by atoms with van der Waals surface area (Å²) in [5, 5.41) is 6.83. The van der Waals surface area contributed by atoms with Crippen molar-refractivity contribution in [3.05, 3.63) is 69.7 Å². The molecule has 4 aromatic rings. The van der Waals surface area contributed by atoms with Gasteiger partial charge < -0.3 is 19.4 Å². The molecule has 0 aliphatic carbocycles. The summed E-state index contributed by atoms with van der Waals surface area (Å²) in [5.41, 5.74) is 4.19. The quantitative estimate of drug-likeness (QED) is 0.255. The largest absolute Gasteiger partial charge is 0.494 e. The number of hydrogen-bond acceptors (Lipinski definition) is 5. The number of carbonyl (C=O) groups is 2. The Hall–Kier alpha value is -3.29. The van der Waals surface area contributed by atoms with Gasteiger partial charge >= 0.3 is 5.97 Å². The molecule has 0 aliphatic heterocycles. The van der Waals surface area contributed by atoms with Crippen LogP contribution in [0.15, 0.2) is 47.8 Å². The van der Waals surface area contributed by atoms with Crippen molar-refractivity contribution >= 4 is 50.7 Å². The number of nitrogens with zero attached hydrogens (tertiary/aromatic N) is 1. The third-order valence-electron chi connectivity index (χ3n) is 5.78. The molecule has 6 nitrogen and oxygen atoms in total. The van der Waals surface area contributed by atoms with Crippen LogP contribution in [0.2, 0.25) is 5.02 Å². The molecule has 35 heavy (non-hydrogen) atoms. The van der Waals surface area contributed by atoms with Gasteiger partial charge in [0.25, 0.3) is 5.91 Å². The van der Waals surface area contributed by atoms with Crippen LogP contribution in [0.1, 0.15) is 47.2 Å². The highest BCUT2D eigenvalue weighted by atomic mass is 35.5. The van der Waals surface area contributed by atoms with Crippen LogP contribution in [0.4, 0.5) is 5.00 Å². The van der Waals surface area contributed by atoms with Gasteiger partial charge in [-0.15, -0.1) is 11.3 Å². The number of carbonyl (C=O) groups excluding carboxylic acids is 2. The number of benzene rings is 2. The summed E-state index contributed by atoms with van der Waals surface area (Å²) in [4.78, 5) is 26.5. The van der Waals surface area contributed by atoms with E-state index in [0.717, 1.165) is 27.8 Å². The Kier molecular flexibility index (Phi) is 7.48. The molecule has 4 rings (SSSR count). The van der Waals surface area contributed by atoms with Gasteiger partial charge in [0.1, 0.15) is 22.0 Å². The normalized spacial score (nSPS) is 11.0. The Labute approximate surface area is 213 Å².